The van der Waals surface area contributed by atoms with Gasteiger partial charge in [-0.25, -0.2) is 0 Å². The Labute approximate surface area is 113 Å². The molecule has 2 atom stereocenters. The summed E-state index contributed by atoms with van der Waals surface area (Å²) in [6.45, 7) is 7.86. The van der Waals surface area contributed by atoms with Crippen LogP contribution in [0.5, 0.6) is 0 Å². The largest absolute Gasteiger partial charge is 0.298 e. The van der Waals surface area contributed by atoms with Crippen LogP contribution in [0.2, 0.25) is 0 Å². The maximum atomic E-state index is 2.79. The minimum absolute atomic E-state index is 0.794. The van der Waals surface area contributed by atoms with Crippen LogP contribution in [0.3, 0.4) is 0 Å². The van der Waals surface area contributed by atoms with E-state index in [-0.39, 0.29) is 0 Å². The Kier molecular flexibility index (Phi) is 4.25. The van der Waals surface area contributed by atoms with Gasteiger partial charge >= 0.3 is 0 Å². The zero-order valence-electron chi connectivity index (χ0n) is 12.1. The van der Waals surface area contributed by atoms with E-state index >= 15 is 0 Å². The van der Waals surface area contributed by atoms with Gasteiger partial charge in [-0.15, -0.1) is 0 Å². The van der Waals surface area contributed by atoms with Gasteiger partial charge in [0.15, 0.2) is 0 Å². The monoisotopic (exact) mass is 250 g/mol. The smallest absolute Gasteiger partial charge is 0.0224 e. The van der Waals surface area contributed by atoms with Crippen LogP contribution in [0.25, 0.3) is 0 Å². The summed E-state index contributed by atoms with van der Waals surface area (Å²) in [6.07, 6.45) is 11.9. The number of nitrogens with zero attached hydrogens (tertiary/aromatic N) is 2. The molecule has 1 aliphatic carbocycles. The fourth-order valence-corrected chi connectivity index (χ4v) is 4.38. The van der Waals surface area contributed by atoms with Gasteiger partial charge in [-0.3, -0.25) is 9.80 Å². The molecule has 0 radical (unpaired) electrons. The van der Waals surface area contributed by atoms with Crippen molar-refractivity contribution >= 4 is 0 Å². The second-order valence-electron chi connectivity index (χ2n) is 6.93. The van der Waals surface area contributed by atoms with Crippen molar-refractivity contribution in [2.24, 2.45) is 5.92 Å². The Hall–Kier alpha value is -0.0800. The lowest BCUT2D eigenvalue weighted by atomic mass is 9.86. The lowest BCUT2D eigenvalue weighted by Gasteiger charge is -2.43. The maximum Gasteiger partial charge on any atom is 0.0224 e. The first kappa shape index (κ1) is 12.9. The van der Waals surface area contributed by atoms with Crippen LogP contribution >= 0.6 is 0 Å². The number of fused-ring (bicyclic) bond motifs is 1. The van der Waals surface area contributed by atoms with E-state index in [4.69, 9.17) is 0 Å². The van der Waals surface area contributed by atoms with Crippen molar-refractivity contribution in [1.29, 1.82) is 0 Å². The van der Waals surface area contributed by atoms with Crippen LogP contribution in [0.4, 0.5) is 0 Å². The third-order valence-electron chi connectivity index (χ3n) is 5.62. The molecule has 2 aliphatic heterocycles. The van der Waals surface area contributed by atoms with Gasteiger partial charge in [-0.05, 0) is 45.2 Å². The molecule has 0 N–H and O–H groups in total. The predicted octanol–water partition coefficient (Wildman–Crippen LogP) is 3.13. The Bertz CT molecular complexity index is 260. The molecule has 3 fully saturated rings. The molecule has 3 rings (SSSR count). The van der Waals surface area contributed by atoms with Gasteiger partial charge in [0.1, 0.15) is 0 Å². The van der Waals surface area contributed by atoms with Gasteiger partial charge in [-0.1, -0.05) is 32.1 Å². The highest BCUT2D eigenvalue weighted by Crippen LogP contribution is 2.28. The van der Waals surface area contributed by atoms with E-state index in [2.05, 4.69) is 16.7 Å². The fourth-order valence-electron chi connectivity index (χ4n) is 4.38. The van der Waals surface area contributed by atoms with Crippen LogP contribution in [-0.4, -0.2) is 48.1 Å². The third kappa shape index (κ3) is 2.91. The van der Waals surface area contributed by atoms with Gasteiger partial charge in [0.2, 0.25) is 0 Å². The molecule has 0 bridgehead atoms. The van der Waals surface area contributed by atoms with Gasteiger partial charge < -0.3 is 0 Å². The van der Waals surface area contributed by atoms with Gasteiger partial charge in [-0.2, -0.15) is 0 Å². The minimum Gasteiger partial charge on any atom is -0.298 e. The molecule has 0 aromatic carbocycles. The Morgan fingerprint density at radius 1 is 0.944 bits per heavy atom. The second-order valence-corrected chi connectivity index (χ2v) is 6.93. The van der Waals surface area contributed by atoms with Crippen molar-refractivity contribution < 1.29 is 0 Å². The Balaban J connectivity index is 1.46. The van der Waals surface area contributed by atoms with Crippen molar-refractivity contribution in [3.05, 3.63) is 0 Å². The first-order chi connectivity index (χ1) is 8.83. The molecular formula is C16H30N2. The summed E-state index contributed by atoms with van der Waals surface area (Å²) in [5.41, 5.74) is 0. The molecule has 2 heterocycles. The molecule has 2 heteroatoms. The van der Waals surface area contributed by atoms with Gasteiger partial charge in [0.25, 0.3) is 0 Å². The van der Waals surface area contributed by atoms with E-state index in [0.29, 0.717) is 0 Å². The molecule has 3 aliphatic rings. The molecule has 0 spiro atoms. The number of hydrogen-bond acceptors (Lipinski definition) is 2. The fraction of sp³-hybridized carbons (Fsp3) is 1.00. The molecular weight excluding hydrogens is 220 g/mol. The van der Waals surface area contributed by atoms with E-state index < -0.39 is 0 Å². The van der Waals surface area contributed by atoms with E-state index in [1.54, 1.807) is 0 Å². The summed E-state index contributed by atoms with van der Waals surface area (Å²) in [5.74, 6) is 1.05. The SMILES string of the molecule is CC1CN2CCCC2CN1CCC1CCCCC1. The van der Waals surface area contributed by atoms with E-state index in [1.807, 2.05) is 0 Å². The summed E-state index contributed by atoms with van der Waals surface area (Å²) in [5, 5.41) is 0. The molecule has 104 valence electrons. The van der Waals surface area contributed by atoms with Crippen LogP contribution in [-0.2, 0) is 0 Å². The summed E-state index contributed by atoms with van der Waals surface area (Å²) in [4.78, 5) is 5.53. The zero-order chi connectivity index (χ0) is 12.4. The summed E-state index contributed by atoms with van der Waals surface area (Å²) in [7, 11) is 0. The Morgan fingerprint density at radius 2 is 1.78 bits per heavy atom. The maximum absolute atomic E-state index is 2.79. The molecule has 18 heavy (non-hydrogen) atoms. The van der Waals surface area contributed by atoms with Crippen molar-refractivity contribution in [2.75, 3.05) is 26.2 Å². The predicted molar refractivity (Wildman–Crippen MR) is 76.8 cm³/mol. The molecule has 0 aromatic rings. The zero-order valence-corrected chi connectivity index (χ0v) is 12.1. The lowest BCUT2D eigenvalue weighted by Crippen LogP contribution is -2.55. The van der Waals surface area contributed by atoms with Crippen molar-refractivity contribution in [3.63, 3.8) is 0 Å². The summed E-state index contributed by atoms with van der Waals surface area (Å²) in [6, 6.07) is 1.69. The first-order valence-corrected chi connectivity index (χ1v) is 8.31. The highest BCUT2D eigenvalue weighted by molar-refractivity contribution is 4.90. The summed E-state index contributed by atoms with van der Waals surface area (Å²) >= 11 is 0. The van der Waals surface area contributed by atoms with Crippen molar-refractivity contribution in [3.8, 4) is 0 Å². The Morgan fingerprint density at radius 3 is 2.61 bits per heavy atom. The average Bonchev–Trinajstić information content (AvgIpc) is 2.84. The van der Waals surface area contributed by atoms with E-state index in [1.165, 1.54) is 77.5 Å². The molecule has 2 saturated heterocycles. The average molecular weight is 250 g/mol. The van der Waals surface area contributed by atoms with Gasteiger partial charge in [0.05, 0.1) is 0 Å². The first-order valence-electron chi connectivity index (χ1n) is 8.31. The van der Waals surface area contributed by atoms with Crippen LogP contribution in [0.1, 0.15) is 58.3 Å². The topological polar surface area (TPSA) is 6.48 Å². The molecule has 0 amide bonds. The van der Waals surface area contributed by atoms with Crippen molar-refractivity contribution in [1.82, 2.24) is 9.80 Å². The second kappa shape index (κ2) is 5.92. The molecule has 0 aromatic heterocycles. The standard InChI is InChI=1S/C16H30N2/c1-14-12-18-10-5-8-16(18)13-17(14)11-9-15-6-3-2-4-7-15/h14-16H,2-13H2,1H3. The normalized spacial score (nSPS) is 35.8. The van der Waals surface area contributed by atoms with Crippen molar-refractivity contribution in [2.45, 2.75) is 70.4 Å². The van der Waals surface area contributed by atoms with E-state index in [9.17, 15) is 0 Å². The van der Waals surface area contributed by atoms with Crippen LogP contribution in [0, 0.1) is 5.92 Å². The van der Waals surface area contributed by atoms with Crippen LogP contribution < -0.4 is 0 Å². The number of rotatable bonds is 3. The van der Waals surface area contributed by atoms with Gasteiger partial charge in [0, 0.05) is 25.2 Å². The number of piperazine rings is 1. The molecule has 2 nitrogen and oxygen atoms in total. The minimum atomic E-state index is 0.794. The highest BCUT2D eigenvalue weighted by Gasteiger charge is 2.34. The summed E-state index contributed by atoms with van der Waals surface area (Å²) < 4.78 is 0. The molecule has 2 unspecified atom stereocenters. The highest BCUT2D eigenvalue weighted by atomic mass is 15.3. The van der Waals surface area contributed by atoms with E-state index in [0.717, 1.165) is 18.0 Å². The quantitative estimate of drug-likeness (QED) is 0.759. The number of hydrogen-bond donors (Lipinski definition) is 0. The van der Waals surface area contributed by atoms with Crippen LogP contribution in [0.15, 0.2) is 0 Å². The third-order valence-corrected chi connectivity index (χ3v) is 5.62. The molecule has 1 saturated carbocycles. The lowest BCUT2D eigenvalue weighted by molar-refractivity contribution is 0.0540.